The third kappa shape index (κ3) is 4.55. The van der Waals surface area contributed by atoms with Crippen molar-refractivity contribution in [1.29, 1.82) is 0 Å². The number of halogens is 6. The number of nitrogens with one attached hydrogen (secondary N) is 1. The number of alkyl halides is 6. The zero-order valence-corrected chi connectivity index (χ0v) is 13.4. The van der Waals surface area contributed by atoms with Crippen molar-refractivity contribution in [1.82, 2.24) is 15.4 Å². The van der Waals surface area contributed by atoms with Crippen LogP contribution in [-0.4, -0.2) is 15.4 Å². The summed E-state index contributed by atoms with van der Waals surface area (Å²) in [5, 5.41) is 10.0. The van der Waals surface area contributed by atoms with Crippen LogP contribution in [0, 0.1) is 0 Å². The quantitative estimate of drug-likeness (QED) is 0.467. The lowest BCUT2D eigenvalue weighted by atomic mass is 10.0. The average molecular weight is 383 g/mol. The second kappa shape index (κ2) is 6.90. The Kier molecular flexibility index (Phi) is 4.77. The van der Waals surface area contributed by atoms with Gasteiger partial charge in [-0.05, 0) is 35.4 Å². The summed E-state index contributed by atoms with van der Waals surface area (Å²) in [4.78, 5) is 0. The predicted molar refractivity (Wildman–Crippen MR) is 87.2 cm³/mol. The Morgan fingerprint density at radius 1 is 0.778 bits per heavy atom. The third-order valence-electron chi connectivity index (χ3n) is 3.68. The highest BCUT2D eigenvalue weighted by Gasteiger charge is 2.36. The van der Waals surface area contributed by atoms with Crippen molar-refractivity contribution < 1.29 is 26.3 Å². The first-order valence-corrected chi connectivity index (χ1v) is 7.57. The summed E-state index contributed by atoms with van der Waals surface area (Å²) in [6.45, 7) is 0. The van der Waals surface area contributed by atoms with E-state index < -0.39 is 23.5 Å². The molecule has 0 unspecified atom stereocenters. The van der Waals surface area contributed by atoms with Crippen LogP contribution >= 0.6 is 0 Å². The SMILES string of the molecule is FC(F)(F)c1cc(/C=C\c2cccc(-c3cn[nH]n3)c2)cc(C(F)(F)F)c1. The molecule has 2 aromatic carbocycles. The van der Waals surface area contributed by atoms with Crippen molar-refractivity contribution in [3.05, 3.63) is 70.9 Å². The minimum atomic E-state index is -4.88. The monoisotopic (exact) mass is 383 g/mol. The maximum absolute atomic E-state index is 12.9. The van der Waals surface area contributed by atoms with Crippen LogP contribution in [0.3, 0.4) is 0 Å². The number of rotatable bonds is 3. The van der Waals surface area contributed by atoms with E-state index in [0.29, 0.717) is 29.0 Å². The third-order valence-corrected chi connectivity index (χ3v) is 3.68. The van der Waals surface area contributed by atoms with Crippen LogP contribution in [0.1, 0.15) is 22.3 Å². The van der Waals surface area contributed by atoms with Crippen molar-refractivity contribution in [2.75, 3.05) is 0 Å². The molecule has 3 aromatic rings. The van der Waals surface area contributed by atoms with Crippen LogP contribution in [0.4, 0.5) is 26.3 Å². The van der Waals surface area contributed by atoms with Gasteiger partial charge in [0.2, 0.25) is 0 Å². The van der Waals surface area contributed by atoms with E-state index in [-0.39, 0.29) is 11.6 Å². The van der Waals surface area contributed by atoms with Crippen molar-refractivity contribution in [3.8, 4) is 11.3 Å². The van der Waals surface area contributed by atoms with Gasteiger partial charge in [0, 0.05) is 5.56 Å². The van der Waals surface area contributed by atoms with Crippen LogP contribution in [0.25, 0.3) is 23.4 Å². The molecule has 0 saturated heterocycles. The van der Waals surface area contributed by atoms with Gasteiger partial charge in [0.1, 0.15) is 5.69 Å². The van der Waals surface area contributed by atoms with Gasteiger partial charge in [-0.25, -0.2) is 0 Å². The molecule has 1 aromatic heterocycles. The minimum absolute atomic E-state index is 0.0997. The zero-order valence-electron chi connectivity index (χ0n) is 13.4. The molecule has 0 atom stereocenters. The molecule has 0 amide bonds. The Labute approximate surface area is 149 Å². The smallest absolute Gasteiger partial charge is 0.197 e. The summed E-state index contributed by atoms with van der Waals surface area (Å²) in [7, 11) is 0. The van der Waals surface area contributed by atoms with Gasteiger partial charge in [0.25, 0.3) is 0 Å². The molecule has 0 spiro atoms. The summed E-state index contributed by atoms with van der Waals surface area (Å²) in [5.74, 6) is 0. The van der Waals surface area contributed by atoms with E-state index >= 15 is 0 Å². The normalized spacial score (nSPS) is 12.7. The molecule has 9 heteroatoms. The van der Waals surface area contributed by atoms with E-state index in [9.17, 15) is 26.3 Å². The van der Waals surface area contributed by atoms with Crippen LogP contribution < -0.4 is 0 Å². The summed E-state index contributed by atoms with van der Waals surface area (Å²) in [6.07, 6.45) is -5.63. The van der Waals surface area contributed by atoms with Crippen LogP contribution in [-0.2, 0) is 12.4 Å². The number of hydrogen-bond donors (Lipinski definition) is 1. The molecule has 0 aliphatic rings. The number of nitrogens with zero attached hydrogens (tertiary/aromatic N) is 2. The lowest BCUT2D eigenvalue weighted by molar-refractivity contribution is -0.143. The summed E-state index contributed by atoms with van der Waals surface area (Å²) < 4.78 is 77.4. The molecule has 3 nitrogen and oxygen atoms in total. The molecule has 27 heavy (non-hydrogen) atoms. The van der Waals surface area contributed by atoms with Gasteiger partial charge < -0.3 is 0 Å². The van der Waals surface area contributed by atoms with Crippen molar-refractivity contribution in [2.24, 2.45) is 0 Å². The lowest BCUT2D eigenvalue weighted by Crippen LogP contribution is -2.11. The summed E-state index contributed by atoms with van der Waals surface area (Å²) in [5.41, 5.74) is -1.07. The van der Waals surface area contributed by atoms with Gasteiger partial charge in [-0.3, -0.25) is 0 Å². The second-order valence-corrected chi connectivity index (χ2v) is 5.65. The molecule has 0 fully saturated rings. The molecular formula is C18H11F6N3. The van der Waals surface area contributed by atoms with E-state index in [1.54, 1.807) is 24.3 Å². The fraction of sp³-hybridized carbons (Fsp3) is 0.111. The number of benzene rings is 2. The topological polar surface area (TPSA) is 41.6 Å². The van der Waals surface area contributed by atoms with Crippen molar-refractivity contribution in [2.45, 2.75) is 12.4 Å². The van der Waals surface area contributed by atoms with E-state index in [4.69, 9.17) is 0 Å². The summed E-state index contributed by atoms with van der Waals surface area (Å²) in [6, 6.07) is 8.24. The fourth-order valence-corrected chi connectivity index (χ4v) is 2.41. The molecule has 140 valence electrons. The highest BCUT2D eigenvalue weighted by molar-refractivity contribution is 5.73. The van der Waals surface area contributed by atoms with Crippen molar-refractivity contribution >= 4 is 12.2 Å². The van der Waals surface area contributed by atoms with Crippen LogP contribution in [0.15, 0.2) is 48.7 Å². The van der Waals surface area contributed by atoms with Crippen LogP contribution in [0.2, 0.25) is 0 Å². The molecule has 0 radical (unpaired) electrons. The van der Waals surface area contributed by atoms with Gasteiger partial charge >= 0.3 is 12.4 Å². The Hall–Kier alpha value is -3.10. The van der Waals surface area contributed by atoms with Crippen molar-refractivity contribution in [3.63, 3.8) is 0 Å². The molecule has 3 rings (SSSR count). The molecule has 1 N–H and O–H groups in total. The number of hydrogen-bond acceptors (Lipinski definition) is 2. The standard InChI is InChI=1S/C18H11F6N3/c19-17(20,21)14-7-12(8-15(9-14)18(22,23)24)5-4-11-2-1-3-13(6-11)16-10-25-27-26-16/h1-10H,(H,25,26,27)/b5-4-. The average Bonchev–Trinajstić information content (AvgIpc) is 3.13. The molecule has 0 bridgehead atoms. The Bertz CT molecular complexity index is 924. The van der Waals surface area contributed by atoms with E-state index in [1.807, 2.05) is 0 Å². The van der Waals surface area contributed by atoms with Gasteiger partial charge in [0.05, 0.1) is 17.3 Å². The van der Waals surface area contributed by atoms with Gasteiger partial charge in [-0.2, -0.15) is 41.8 Å². The molecule has 0 aliphatic heterocycles. The number of H-pyrrole nitrogens is 1. The van der Waals surface area contributed by atoms with E-state index in [2.05, 4.69) is 15.4 Å². The molecular weight excluding hydrogens is 372 g/mol. The Morgan fingerprint density at radius 2 is 1.41 bits per heavy atom. The Balaban J connectivity index is 1.96. The first-order chi connectivity index (χ1) is 12.6. The molecule has 0 saturated carbocycles. The van der Waals surface area contributed by atoms with E-state index in [0.717, 1.165) is 0 Å². The lowest BCUT2D eigenvalue weighted by Gasteiger charge is -2.13. The highest BCUT2D eigenvalue weighted by Crippen LogP contribution is 2.36. The first-order valence-electron chi connectivity index (χ1n) is 7.57. The zero-order chi connectivity index (χ0) is 19.7. The van der Waals surface area contributed by atoms with E-state index in [1.165, 1.54) is 18.3 Å². The molecule has 0 aliphatic carbocycles. The number of aromatic nitrogens is 3. The van der Waals surface area contributed by atoms with Gasteiger partial charge in [-0.15, -0.1) is 0 Å². The molecule has 1 heterocycles. The second-order valence-electron chi connectivity index (χ2n) is 5.65. The van der Waals surface area contributed by atoms with Gasteiger partial charge in [0.15, 0.2) is 0 Å². The number of aromatic amines is 1. The Morgan fingerprint density at radius 3 is 1.96 bits per heavy atom. The maximum Gasteiger partial charge on any atom is 0.416 e. The predicted octanol–water partition coefficient (Wildman–Crippen LogP) is 5.68. The summed E-state index contributed by atoms with van der Waals surface area (Å²) >= 11 is 0. The highest BCUT2D eigenvalue weighted by atomic mass is 19.4. The fourth-order valence-electron chi connectivity index (χ4n) is 2.41. The minimum Gasteiger partial charge on any atom is -0.197 e. The first kappa shape index (κ1) is 18.7. The largest absolute Gasteiger partial charge is 0.416 e. The van der Waals surface area contributed by atoms with Crippen LogP contribution in [0.5, 0.6) is 0 Å². The van der Waals surface area contributed by atoms with Gasteiger partial charge in [-0.1, -0.05) is 30.4 Å². The maximum atomic E-state index is 12.9.